The van der Waals surface area contributed by atoms with Crippen molar-refractivity contribution in [1.29, 1.82) is 5.26 Å². The number of hydrogen-bond donors (Lipinski definition) is 0. The molecule has 0 saturated heterocycles. The number of alkyl halides is 1. The first-order chi connectivity index (χ1) is 9.58. The van der Waals surface area contributed by atoms with Gasteiger partial charge in [-0.2, -0.15) is 5.26 Å². The number of hydrogen-bond acceptors (Lipinski definition) is 2. The zero-order valence-electron chi connectivity index (χ0n) is 12.2. The van der Waals surface area contributed by atoms with Crippen LogP contribution in [-0.4, -0.2) is 9.55 Å². The second-order valence-corrected chi connectivity index (χ2v) is 5.92. The number of nitriles is 1. The number of benzene rings is 1. The van der Waals surface area contributed by atoms with Crippen LogP contribution in [0.5, 0.6) is 0 Å². The maximum Gasteiger partial charge on any atom is 0.127 e. The summed E-state index contributed by atoms with van der Waals surface area (Å²) in [6.45, 7) is 6.33. The largest absolute Gasteiger partial charge is 0.324 e. The van der Waals surface area contributed by atoms with Gasteiger partial charge in [-0.3, -0.25) is 0 Å². The van der Waals surface area contributed by atoms with Crippen molar-refractivity contribution < 1.29 is 0 Å². The molecule has 2 atom stereocenters. The maximum absolute atomic E-state index is 9.08. The van der Waals surface area contributed by atoms with E-state index in [1.54, 1.807) is 6.07 Å². The SMILES string of the molecule is CCCCC(C)n1c(C(C)Cl)nc2ccc(C#N)cc21. The van der Waals surface area contributed by atoms with E-state index in [9.17, 15) is 0 Å². The van der Waals surface area contributed by atoms with Crippen LogP contribution in [0.25, 0.3) is 11.0 Å². The Bertz CT molecular complexity index is 637. The van der Waals surface area contributed by atoms with Crippen molar-refractivity contribution in [2.45, 2.75) is 51.5 Å². The smallest absolute Gasteiger partial charge is 0.127 e. The molecule has 0 fully saturated rings. The van der Waals surface area contributed by atoms with Gasteiger partial charge < -0.3 is 4.57 Å². The number of imidazole rings is 1. The van der Waals surface area contributed by atoms with Gasteiger partial charge in [0, 0.05) is 6.04 Å². The Morgan fingerprint density at radius 1 is 1.40 bits per heavy atom. The van der Waals surface area contributed by atoms with Gasteiger partial charge in [0.1, 0.15) is 5.82 Å². The summed E-state index contributed by atoms with van der Waals surface area (Å²) in [4.78, 5) is 4.64. The molecule has 0 aliphatic heterocycles. The van der Waals surface area contributed by atoms with Crippen LogP contribution < -0.4 is 0 Å². The molecule has 1 heterocycles. The summed E-state index contributed by atoms with van der Waals surface area (Å²) < 4.78 is 2.20. The zero-order chi connectivity index (χ0) is 14.7. The van der Waals surface area contributed by atoms with Crippen LogP contribution in [-0.2, 0) is 0 Å². The Labute approximate surface area is 125 Å². The van der Waals surface area contributed by atoms with E-state index >= 15 is 0 Å². The summed E-state index contributed by atoms with van der Waals surface area (Å²) in [5, 5.41) is 8.94. The summed E-state index contributed by atoms with van der Waals surface area (Å²) in [6.07, 6.45) is 3.44. The van der Waals surface area contributed by atoms with Crippen molar-refractivity contribution >= 4 is 22.6 Å². The lowest BCUT2D eigenvalue weighted by Crippen LogP contribution is -2.10. The Morgan fingerprint density at radius 2 is 2.15 bits per heavy atom. The van der Waals surface area contributed by atoms with E-state index in [0.717, 1.165) is 23.3 Å². The predicted molar refractivity (Wildman–Crippen MR) is 83.0 cm³/mol. The highest BCUT2D eigenvalue weighted by Gasteiger charge is 2.19. The highest BCUT2D eigenvalue weighted by Crippen LogP contribution is 2.30. The molecule has 0 aliphatic carbocycles. The highest BCUT2D eigenvalue weighted by molar-refractivity contribution is 6.20. The third-order valence-electron chi connectivity index (χ3n) is 3.62. The molecule has 4 heteroatoms. The molecule has 3 nitrogen and oxygen atoms in total. The normalized spacial score (nSPS) is 14.2. The van der Waals surface area contributed by atoms with E-state index in [2.05, 4.69) is 29.5 Å². The fourth-order valence-corrected chi connectivity index (χ4v) is 2.71. The van der Waals surface area contributed by atoms with Crippen LogP contribution in [0.1, 0.15) is 62.8 Å². The number of halogens is 1. The fraction of sp³-hybridized carbons (Fsp3) is 0.500. The molecule has 2 rings (SSSR count). The molecule has 0 spiro atoms. The van der Waals surface area contributed by atoms with E-state index < -0.39 is 0 Å². The number of rotatable bonds is 5. The molecular weight excluding hydrogens is 270 g/mol. The lowest BCUT2D eigenvalue weighted by Gasteiger charge is -2.18. The Kier molecular flexibility index (Phi) is 4.67. The van der Waals surface area contributed by atoms with Crippen molar-refractivity contribution in [3.8, 4) is 6.07 Å². The maximum atomic E-state index is 9.08. The second kappa shape index (κ2) is 6.28. The summed E-state index contributed by atoms with van der Waals surface area (Å²) in [5.41, 5.74) is 2.58. The summed E-state index contributed by atoms with van der Waals surface area (Å²) >= 11 is 6.28. The lowest BCUT2D eigenvalue weighted by molar-refractivity contribution is 0.480. The number of unbranched alkanes of at least 4 members (excludes halogenated alkanes) is 1. The standard InChI is InChI=1S/C16H20ClN3/c1-4-5-6-11(2)20-15-9-13(10-18)7-8-14(15)19-16(20)12(3)17/h7-9,11-12H,4-6H2,1-3H3. The molecule has 0 amide bonds. The van der Waals surface area contributed by atoms with Gasteiger partial charge in [0.2, 0.25) is 0 Å². The Hall–Kier alpha value is -1.53. The fourth-order valence-electron chi connectivity index (χ4n) is 2.55. The Morgan fingerprint density at radius 3 is 2.75 bits per heavy atom. The number of aromatic nitrogens is 2. The van der Waals surface area contributed by atoms with Gasteiger partial charge in [-0.15, -0.1) is 11.6 Å². The minimum absolute atomic E-state index is 0.142. The van der Waals surface area contributed by atoms with Crippen molar-refractivity contribution in [3.63, 3.8) is 0 Å². The highest BCUT2D eigenvalue weighted by atomic mass is 35.5. The van der Waals surface area contributed by atoms with E-state index in [0.29, 0.717) is 11.6 Å². The van der Waals surface area contributed by atoms with Gasteiger partial charge in [-0.25, -0.2) is 4.98 Å². The van der Waals surface area contributed by atoms with Crippen LogP contribution >= 0.6 is 11.6 Å². The quantitative estimate of drug-likeness (QED) is 0.730. The zero-order valence-corrected chi connectivity index (χ0v) is 13.0. The van der Waals surface area contributed by atoms with Gasteiger partial charge in [0.25, 0.3) is 0 Å². The van der Waals surface area contributed by atoms with Crippen LogP contribution in [0.4, 0.5) is 0 Å². The molecule has 0 aliphatic rings. The predicted octanol–water partition coefficient (Wildman–Crippen LogP) is 4.96. The van der Waals surface area contributed by atoms with E-state index in [4.69, 9.17) is 16.9 Å². The molecule has 2 unspecified atom stereocenters. The molecular formula is C16H20ClN3. The first-order valence-corrected chi connectivity index (χ1v) is 7.58. The van der Waals surface area contributed by atoms with E-state index in [1.807, 2.05) is 19.1 Å². The van der Waals surface area contributed by atoms with Crippen molar-refractivity contribution in [1.82, 2.24) is 9.55 Å². The monoisotopic (exact) mass is 289 g/mol. The summed E-state index contributed by atoms with van der Waals surface area (Å²) in [7, 11) is 0. The molecule has 1 aromatic heterocycles. The van der Waals surface area contributed by atoms with Crippen molar-refractivity contribution in [2.75, 3.05) is 0 Å². The average Bonchev–Trinajstić information content (AvgIpc) is 2.83. The lowest BCUT2D eigenvalue weighted by atomic mass is 10.1. The van der Waals surface area contributed by atoms with Crippen LogP contribution in [0.2, 0.25) is 0 Å². The van der Waals surface area contributed by atoms with Crippen molar-refractivity contribution in [3.05, 3.63) is 29.6 Å². The molecule has 0 N–H and O–H groups in total. The van der Waals surface area contributed by atoms with Gasteiger partial charge in [0.05, 0.1) is 28.0 Å². The molecule has 20 heavy (non-hydrogen) atoms. The molecule has 106 valence electrons. The molecule has 0 saturated carbocycles. The third kappa shape index (κ3) is 2.81. The van der Waals surface area contributed by atoms with Crippen LogP contribution in [0.15, 0.2) is 18.2 Å². The van der Waals surface area contributed by atoms with E-state index in [1.165, 1.54) is 12.8 Å². The first-order valence-electron chi connectivity index (χ1n) is 7.14. The van der Waals surface area contributed by atoms with E-state index in [-0.39, 0.29) is 5.38 Å². The van der Waals surface area contributed by atoms with Crippen molar-refractivity contribution in [2.24, 2.45) is 0 Å². The molecule has 2 aromatic rings. The third-order valence-corrected chi connectivity index (χ3v) is 3.81. The Balaban J connectivity index is 2.57. The molecule has 1 aromatic carbocycles. The second-order valence-electron chi connectivity index (χ2n) is 5.26. The van der Waals surface area contributed by atoms with Gasteiger partial charge in [-0.05, 0) is 38.5 Å². The average molecular weight is 290 g/mol. The van der Waals surface area contributed by atoms with Gasteiger partial charge >= 0.3 is 0 Å². The summed E-state index contributed by atoms with van der Waals surface area (Å²) in [6, 6.07) is 8.15. The topological polar surface area (TPSA) is 41.6 Å². The van der Waals surface area contributed by atoms with Crippen LogP contribution in [0, 0.1) is 11.3 Å². The molecule has 0 radical (unpaired) electrons. The minimum Gasteiger partial charge on any atom is -0.324 e. The first kappa shape index (κ1) is 14.9. The minimum atomic E-state index is -0.142. The van der Waals surface area contributed by atoms with Crippen LogP contribution in [0.3, 0.4) is 0 Å². The number of nitrogens with zero attached hydrogens (tertiary/aromatic N) is 3. The molecule has 0 bridgehead atoms. The van der Waals surface area contributed by atoms with Gasteiger partial charge in [-0.1, -0.05) is 19.8 Å². The van der Waals surface area contributed by atoms with Gasteiger partial charge in [0.15, 0.2) is 0 Å². The number of fused-ring (bicyclic) bond motifs is 1. The summed E-state index contributed by atoms with van der Waals surface area (Å²) in [5.74, 6) is 0.889.